The summed E-state index contributed by atoms with van der Waals surface area (Å²) in [7, 11) is 0. The fourth-order valence-electron chi connectivity index (χ4n) is 1.85. The fourth-order valence-corrected chi connectivity index (χ4v) is 1.85. The molecule has 0 aliphatic carbocycles. The van der Waals surface area contributed by atoms with E-state index in [0.29, 0.717) is 5.92 Å². The standard InChI is InChI=1S/C10H18N2/c1-9(2)10(8-11)12-6-4-3-5-7-12/h9-10H,3-7H2,1-2H3/t10-/m1/s1. The Morgan fingerprint density at radius 3 is 2.17 bits per heavy atom. The van der Waals surface area contributed by atoms with Crippen LogP contribution in [0.1, 0.15) is 33.1 Å². The Labute approximate surface area is 75.2 Å². The van der Waals surface area contributed by atoms with E-state index >= 15 is 0 Å². The summed E-state index contributed by atoms with van der Waals surface area (Å²) in [6.45, 7) is 6.50. The maximum Gasteiger partial charge on any atom is 0.100 e. The van der Waals surface area contributed by atoms with E-state index in [1.807, 2.05) is 0 Å². The first-order chi connectivity index (χ1) is 5.75. The minimum Gasteiger partial charge on any atom is -0.288 e. The highest BCUT2D eigenvalue weighted by atomic mass is 15.2. The summed E-state index contributed by atoms with van der Waals surface area (Å²) >= 11 is 0. The largest absolute Gasteiger partial charge is 0.288 e. The number of rotatable bonds is 2. The lowest BCUT2D eigenvalue weighted by molar-refractivity contribution is 0.164. The highest BCUT2D eigenvalue weighted by Gasteiger charge is 2.22. The zero-order valence-electron chi connectivity index (χ0n) is 8.08. The third-order valence-electron chi connectivity index (χ3n) is 2.55. The molecule has 12 heavy (non-hydrogen) atoms. The van der Waals surface area contributed by atoms with Gasteiger partial charge in [-0.2, -0.15) is 5.26 Å². The van der Waals surface area contributed by atoms with Crippen molar-refractivity contribution >= 4 is 0 Å². The molecule has 68 valence electrons. The Morgan fingerprint density at radius 2 is 1.75 bits per heavy atom. The van der Waals surface area contributed by atoms with Gasteiger partial charge in [0.25, 0.3) is 0 Å². The lowest BCUT2D eigenvalue weighted by Gasteiger charge is -2.32. The van der Waals surface area contributed by atoms with E-state index in [1.54, 1.807) is 0 Å². The second-order valence-corrected chi connectivity index (χ2v) is 3.91. The molecule has 0 aromatic carbocycles. The van der Waals surface area contributed by atoms with Crippen LogP contribution in [0.5, 0.6) is 0 Å². The van der Waals surface area contributed by atoms with Crippen LogP contribution in [0.3, 0.4) is 0 Å². The first kappa shape index (κ1) is 9.54. The Balaban J connectivity index is 2.47. The molecule has 2 heteroatoms. The monoisotopic (exact) mass is 166 g/mol. The summed E-state index contributed by atoms with van der Waals surface area (Å²) in [5.41, 5.74) is 0. The average molecular weight is 166 g/mol. The van der Waals surface area contributed by atoms with Crippen molar-refractivity contribution in [2.45, 2.75) is 39.2 Å². The first-order valence-corrected chi connectivity index (χ1v) is 4.89. The predicted octanol–water partition coefficient (Wildman–Crippen LogP) is 2.02. The fraction of sp³-hybridized carbons (Fsp3) is 0.900. The van der Waals surface area contributed by atoms with Crippen LogP contribution in [-0.2, 0) is 0 Å². The van der Waals surface area contributed by atoms with E-state index in [9.17, 15) is 0 Å². The van der Waals surface area contributed by atoms with Crippen molar-refractivity contribution < 1.29 is 0 Å². The zero-order valence-corrected chi connectivity index (χ0v) is 8.08. The van der Waals surface area contributed by atoms with Crippen molar-refractivity contribution in [3.8, 4) is 6.07 Å². The van der Waals surface area contributed by atoms with Gasteiger partial charge >= 0.3 is 0 Å². The molecule has 0 aromatic heterocycles. The zero-order chi connectivity index (χ0) is 8.97. The molecule has 0 N–H and O–H groups in total. The van der Waals surface area contributed by atoms with Crippen molar-refractivity contribution in [2.24, 2.45) is 5.92 Å². The van der Waals surface area contributed by atoms with Crippen LogP contribution in [0.4, 0.5) is 0 Å². The third-order valence-corrected chi connectivity index (χ3v) is 2.55. The molecule has 0 bridgehead atoms. The topological polar surface area (TPSA) is 27.0 Å². The summed E-state index contributed by atoms with van der Waals surface area (Å²) < 4.78 is 0. The summed E-state index contributed by atoms with van der Waals surface area (Å²) in [4.78, 5) is 2.33. The summed E-state index contributed by atoms with van der Waals surface area (Å²) in [6, 6.07) is 2.54. The van der Waals surface area contributed by atoms with E-state index in [4.69, 9.17) is 5.26 Å². The minimum absolute atomic E-state index is 0.144. The SMILES string of the molecule is CC(C)[C@@H](C#N)N1CCCCC1. The molecule has 1 fully saturated rings. The van der Waals surface area contributed by atoms with Gasteiger partial charge in [0.2, 0.25) is 0 Å². The smallest absolute Gasteiger partial charge is 0.100 e. The van der Waals surface area contributed by atoms with Crippen LogP contribution in [0.15, 0.2) is 0 Å². The average Bonchev–Trinajstić information content (AvgIpc) is 2.07. The van der Waals surface area contributed by atoms with Gasteiger partial charge in [-0.3, -0.25) is 4.90 Å². The third kappa shape index (κ3) is 2.22. The molecule has 0 spiro atoms. The molecule has 0 saturated carbocycles. The molecule has 1 saturated heterocycles. The van der Waals surface area contributed by atoms with Crippen LogP contribution in [0.25, 0.3) is 0 Å². The second-order valence-electron chi connectivity index (χ2n) is 3.91. The van der Waals surface area contributed by atoms with E-state index in [1.165, 1.54) is 19.3 Å². The van der Waals surface area contributed by atoms with Gasteiger partial charge < -0.3 is 0 Å². The molecular formula is C10H18N2. The van der Waals surface area contributed by atoms with Gasteiger partial charge in [-0.05, 0) is 31.8 Å². The molecule has 1 aliphatic heterocycles. The normalized spacial score (nSPS) is 22.2. The van der Waals surface area contributed by atoms with E-state index < -0.39 is 0 Å². The van der Waals surface area contributed by atoms with Crippen molar-refractivity contribution in [2.75, 3.05) is 13.1 Å². The summed E-state index contributed by atoms with van der Waals surface area (Å²) in [6.07, 6.45) is 3.88. The number of likely N-dealkylation sites (tertiary alicyclic amines) is 1. The van der Waals surface area contributed by atoms with E-state index in [0.717, 1.165) is 13.1 Å². The molecule has 1 atom stereocenters. The lowest BCUT2D eigenvalue weighted by Crippen LogP contribution is -2.41. The van der Waals surface area contributed by atoms with Crippen molar-refractivity contribution in [3.05, 3.63) is 0 Å². The summed E-state index contributed by atoms with van der Waals surface area (Å²) in [5, 5.41) is 8.96. The maximum atomic E-state index is 8.96. The Bertz CT molecular complexity index is 163. The molecule has 0 amide bonds. The number of nitriles is 1. The predicted molar refractivity (Wildman–Crippen MR) is 49.7 cm³/mol. The van der Waals surface area contributed by atoms with Crippen molar-refractivity contribution in [1.29, 1.82) is 5.26 Å². The van der Waals surface area contributed by atoms with Gasteiger partial charge in [0, 0.05) is 0 Å². The maximum absolute atomic E-state index is 8.96. The van der Waals surface area contributed by atoms with E-state index in [2.05, 4.69) is 24.8 Å². The van der Waals surface area contributed by atoms with Crippen LogP contribution in [-0.4, -0.2) is 24.0 Å². The quantitative estimate of drug-likeness (QED) is 0.627. The first-order valence-electron chi connectivity index (χ1n) is 4.89. The number of nitrogens with zero attached hydrogens (tertiary/aromatic N) is 2. The van der Waals surface area contributed by atoms with Crippen molar-refractivity contribution in [3.63, 3.8) is 0 Å². The number of hydrogen-bond donors (Lipinski definition) is 0. The van der Waals surface area contributed by atoms with Gasteiger partial charge in [-0.25, -0.2) is 0 Å². The van der Waals surface area contributed by atoms with Gasteiger partial charge in [-0.15, -0.1) is 0 Å². The Hall–Kier alpha value is -0.550. The Kier molecular flexibility index (Phi) is 3.55. The number of hydrogen-bond acceptors (Lipinski definition) is 2. The molecule has 0 aromatic rings. The second kappa shape index (κ2) is 4.47. The van der Waals surface area contributed by atoms with Gasteiger partial charge in [-0.1, -0.05) is 20.3 Å². The molecule has 1 heterocycles. The highest BCUT2D eigenvalue weighted by Crippen LogP contribution is 2.16. The van der Waals surface area contributed by atoms with Crippen LogP contribution in [0.2, 0.25) is 0 Å². The molecule has 2 nitrogen and oxygen atoms in total. The minimum atomic E-state index is 0.144. The van der Waals surface area contributed by atoms with E-state index in [-0.39, 0.29) is 6.04 Å². The lowest BCUT2D eigenvalue weighted by atomic mass is 10.0. The molecule has 0 radical (unpaired) electrons. The molecule has 1 aliphatic rings. The molecular weight excluding hydrogens is 148 g/mol. The summed E-state index contributed by atoms with van der Waals surface area (Å²) in [5.74, 6) is 0.466. The van der Waals surface area contributed by atoms with Gasteiger partial charge in [0.15, 0.2) is 0 Å². The molecule has 1 rings (SSSR count). The van der Waals surface area contributed by atoms with Crippen molar-refractivity contribution in [1.82, 2.24) is 4.90 Å². The van der Waals surface area contributed by atoms with Gasteiger partial charge in [0.1, 0.15) is 6.04 Å². The Morgan fingerprint density at radius 1 is 1.17 bits per heavy atom. The van der Waals surface area contributed by atoms with Crippen LogP contribution >= 0.6 is 0 Å². The molecule has 0 unspecified atom stereocenters. The van der Waals surface area contributed by atoms with Crippen LogP contribution < -0.4 is 0 Å². The van der Waals surface area contributed by atoms with Gasteiger partial charge in [0.05, 0.1) is 6.07 Å². The highest BCUT2D eigenvalue weighted by molar-refractivity contribution is 4.94. The number of piperidine rings is 1. The van der Waals surface area contributed by atoms with Crippen LogP contribution in [0, 0.1) is 17.2 Å².